The number of carboxylic acids is 1. The smallest absolute Gasteiger partial charge is 0.325 e. The highest BCUT2D eigenvalue weighted by Gasteiger charge is 2.43. The van der Waals surface area contributed by atoms with Crippen LogP contribution in [-0.2, 0) is 16.9 Å². The highest BCUT2D eigenvalue weighted by molar-refractivity contribution is 5.92. The van der Waals surface area contributed by atoms with E-state index in [2.05, 4.69) is 5.10 Å². The van der Waals surface area contributed by atoms with Gasteiger partial charge in [0.15, 0.2) is 0 Å². The van der Waals surface area contributed by atoms with E-state index in [1.807, 2.05) is 0 Å². The number of carbonyl (C=O) groups is 1. The molecule has 0 saturated carbocycles. The first-order valence-corrected chi connectivity index (χ1v) is 7.91. The van der Waals surface area contributed by atoms with E-state index in [0.717, 1.165) is 6.07 Å². The summed E-state index contributed by atoms with van der Waals surface area (Å²) in [6, 6.07) is 9.22. The summed E-state index contributed by atoms with van der Waals surface area (Å²) in [7, 11) is 0. The molecule has 4 rings (SSSR count). The summed E-state index contributed by atoms with van der Waals surface area (Å²) in [6.45, 7) is -1.42. The molecule has 1 atom stereocenters. The fourth-order valence-electron chi connectivity index (χ4n) is 3.53. The maximum atomic E-state index is 14.3. The van der Waals surface area contributed by atoms with Gasteiger partial charge in [-0.3, -0.25) is 9.48 Å². The van der Waals surface area contributed by atoms with Gasteiger partial charge in [-0.1, -0.05) is 24.3 Å². The van der Waals surface area contributed by atoms with Gasteiger partial charge >= 0.3 is 5.97 Å². The monoisotopic (exact) mass is 356 g/mol. The lowest BCUT2D eigenvalue weighted by molar-refractivity contribution is -0.137. The van der Waals surface area contributed by atoms with Gasteiger partial charge in [-0.25, -0.2) is 8.78 Å². The van der Waals surface area contributed by atoms with E-state index in [4.69, 9.17) is 5.11 Å². The Kier molecular flexibility index (Phi) is 3.62. The van der Waals surface area contributed by atoms with Crippen LogP contribution >= 0.6 is 0 Å². The minimum Gasteiger partial charge on any atom is -0.480 e. The number of hydrogen-bond acceptors (Lipinski definition) is 3. The summed E-state index contributed by atoms with van der Waals surface area (Å²) in [5, 5.41) is 23.7. The molecule has 0 fully saturated rings. The summed E-state index contributed by atoms with van der Waals surface area (Å²) in [5.74, 6) is -1.68. The first kappa shape index (κ1) is 16.4. The molecule has 132 valence electrons. The summed E-state index contributed by atoms with van der Waals surface area (Å²) in [5.41, 5.74) is 0.665. The molecule has 0 spiro atoms. The molecule has 2 aromatic carbocycles. The summed E-state index contributed by atoms with van der Waals surface area (Å²) in [6.07, 6.45) is 2.91. The van der Waals surface area contributed by atoms with Crippen molar-refractivity contribution < 1.29 is 23.8 Å². The SMILES string of the molecule is O=C(O)Cn1cc(-c2cc(F)cc3c2-c2ccccc2C3(O)CF)cn1. The fraction of sp³-hybridized carbons (Fsp3) is 0.158. The Morgan fingerprint density at radius 3 is 2.69 bits per heavy atom. The van der Waals surface area contributed by atoms with Crippen molar-refractivity contribution in [1.82, 2.24) is 9.78 Å². The molecule has 0 aliphatic heterocycles. The highest BCUT2D eigenvalue weighted by Crippen LogP contribution is 2.51. The zero-order valence-corrected chi connectivity index (χ0v) is 13.5. The van der Waals surface area contributed by atoms with Crippen LogP contribution in [0.1, 0.15) is 11.1 Å². The first-order valence-electron chi connectivity index (χ1n) is 7.91. The zero-order chi connectivity index (χ0) is 18.5. The van der Waals surface area contributed by atoms with Crippen LogP contribution in [0.2, 0.25) is 0 Å². The zero-order valence-electron chi connectivity index (χ0n) is 13.5. The fourth-order valence-corrected chi connectivity index (χ4v) is 3.53. The summed E-state index contributed by atoms with van der Waals surface area (Å²) < 4.78 is 29.3. The molecular weight excluding hydrogens is 342 g/mol. The predicted molar refractivity (Wildman–Crippen MR) is 89.7 cm³/mol. The number of carboxylic acid groups (broad SMARTS) is 1. The molecule has 26 heavy (non-hydrogen) atoms. The van der Waals surface area contributed by atoms with Gasteiger partial charge in [-0.05, 0) is 34.4 Å². The van der Waals surface area contributed by atoms with Crippen molar-refractivity contribution in [2.45, 2.75) is 12.1 Å². The van der Waals surface area contributed by atoms with E-state index in [0.29, 0.717) is 27.8 Å². The number of alkyl halides is 1. The molecule has 0 saturated heterocycles. The molecule has 5 nitrogen and oxygen atoms in total. The van der Waals surface area contributed by atoms with Crippen LogP contribution < -0.4 is 0 Å². The largest absolute Gasteiger partial charge is 0.480 e. The van der Waals surface area contributed by atoms with E-state index in [1.165, 1.54) is 23.1 Å². The Balaban J connectivity index is 1.97. The molecule has 0 bridgehead atoms. The third-order valence-corrected chi connectivity index (χ3v) is 4.63. The lowest BCUT2D eigenvalue weighted by Gasteiger charge is -2.22. The Morgan fingerprint density at radius 2 is 1.96 bits per heavy atom. The Labute approximate surface area is 147 Å². The molecule has 3 aromatic rings. The first-order chi connectivity index (χ1) is 12.4. The molecule has 2 N–H and O–H groups in total. The van der Waals surface area contributed by atoms with Gasteiger partial charge in [0.25, 0.3) is 0 Å². The van der Waals surface area contributed by atoms with Gasteiger partial charge in [-0.2, -0.15) is 5.10 Å². The number of aromatic nitrogens is 2. The molecule has 1 aromatic heterocycles. The van der Waals surface area contributed by atoms with Gasteiger partial charge in [-0.15, -0.1) is 0 Å². The number of fused-ring (bicyclic) bond motifs is 3. The molecule has 0 amide bonds. The van der Waals surface area contributed by atoms with E-state index >= 15 is 0 Å². The van der Waals surface area contributed by atoms with E-state index in [1.54, 1.807) is 24.3 Å². The standard InChI is InChI=1S/C19H14F2N2O3/c20-10-19(26)15-4-2-1-3-13(15)18-14(5-12(21)6-16(18)19)11-7-22-23(8-11)9-17(24)25/h1-8,26H,9-10H2,(H,24,25). The second-order valence-corrected chi connectivity index (χ2v) is 6.24. The number of halogens is 2. The van der Waals surface area contributed by atoms with Gasteiger partial charge in [0.2, 0.25) is 0 Å². The second kappa shape index (κ2) is 5.74. The van der Waals surface area contributed by atoms with E-state index in [9.17, 15) is 18.7 Å². The van der Waals surface area contributed by atoms with Crippen LogP contribution in [0.3, 0.4) is 0 Å². The van der Waals surface area contributed by atoms with Crippen LogP contribution in [0.5, 0.6) is 0 Å². The number of benzene rings is 2. The van der Waals surface area contributed by atoms with E-state index in [-0.39, 0.29) is 12.1 Å². The molecule has 0 radical (unpaired) electrons. The average Bonchev–Trinajstić information content (AvgIpc) is 3.16. The van der Waals surface area contributed by atoms with Crippen molar-refractivity contribution >= 4 is 5.97 Å². The molecule has 7 heteroatoms. The number of nitrogens with zero attached hydrogens (tertiary/aromatic N) is 2. The predicted octanol–water partition coefficient (Wildman–Crippen LogP) is 2.96. The minimum absolute atomic E-state index is 0.155. The number of hydrogen-bond donors (Lipinski definition) is 2. The lowest BCUT2D eigenvalue weighted by Crippen LogP contribution is -2.27. The third kappa shape index (κ3) is 2.32. The number of rotatable bonds is 4. The topological polar surface area (TPSA) is 75.3 Å². The maximum Gasteiger partial charge on any atom is 0.325 e. The average molecular weight is 356 g/mol. The molecular formula is C19H14F2N2O3. The van der Waals surface area contributed by atoms with Crippen molar-refractivity contribution in [3.05, 3.63) is 65.7 Å². The van der Waals surface area contributed by atoms with Crippen LogP contribution in [-0.4, -0.2) is 32.6 Å². The Bertz CT molecular complexity index is 1030. The van der Waals surface area contributed by atoms with E-state index < -0.39 is 24.1 Å². The Morgan fingerprint density at radius 1 is 1.19 bits per heavy atom. The van der Waals surface area contributed by atoms with Crippen LogP contribution in [0.4, 0.5) is 8.78 Å². The van der Waals surface area contributed by atoms with Gasteiger partial charge in [0.1, 0.15) is 24.6 Å². The molecule has 1 unspecified atom stereocenters. The maximum absolute atomic E-state index is 14.3. The third-order valence-electron chi connectivity index (χ3n) is 4.63. The summed E-state index contributed by atoms with van der Waals surface area (Å²) in [4.78, 5) is 10.8. The number of aliphatic carboxylic acids is 1. The van der Waals surface area contributed by atoms with Crippen molar-refractivity contribution in [3.8, 4) is 22.3 Å². The number of aliphatic hydroxyl groups is 1. The second-order valence-electron chi connectivity index (χ2n) is 6.24. The van der Waals surface area contributed by atoms with Crippen molar-refractivity contribution in [3.63, 3.8) is 0 Å². The quantitative estimate of drug-likeness (QED) is 0.754. The molecule has 1 aliphatic carbocycles. The van der Waals surface area contributed by atoms with Crippen LogP contribution in [0.15, 0.2) is 48.8 Å². The van der Waals surface area contributed by atoms with Gasteiger partial charge < -0.3 is 10.2 Å². The van der Waals surface area contributed by atoms with Crippen molar-refractivity contribution in [1.29, 1.82) is 0 Å². The van der Waals surface area contributed by atoms with Crippen LogP contribution in [0.25, 0.3) is 22.3 Å². The Hall–Kier alpha value is -3.06. The minimum atomic E-state index is -1.92. The molecule has 1 heterocycles. The summed E-state index contributed by atoms with van der Waals surface area (Å²) >= 11 is 0. The van der Waals surface area contributed by atoms with Crippen molar-refractivity contribution in [2.24, 2.45) is 0 Å². The van der Waals surface area contributed by atoms with Gasteiger partial charge in [0, 0.05) is 17.3 Å². The van der Waals surface area contributed by atoms with Gasteiger partial charge in [0.05, 0.1) is 6.20 Å². The normalized spacial score (nSPS) is 17.8. The van der Waals surface area contributed by atoms with Crippen LogP contribution in [0, 0.1) is 5.82 Å². The molecule has 1 aliphatic rings. The lowest BCUT2D eigenvalue weighted by atomic mass is 9.91. The highest BCUT2D eigenvalue weighted by atomic mass is 19.1. The van der Waals surface area contributed by atoms with Crippen molar-refractivity contribution in [2.75, 3.05) is 6.67 Å².